The number of rotatable bonds is 2. The molecule has 0 nitrogen and oxygen atoms in total. The van der Waals surface area contributed by atoms with Crippen LogP contribution in [0.15, 0.2) is 36.4 Å². The Labute approximate surface area is 134 Å². The number of hydrogen-bond donors (Lipinski definition) is 0. The summed E-state index contributed by atoms with van der Waals surface area (Å²) in [7, 11) is 0. The topological polar surface area (TPSA) is 0 Å². The third kappa shape index (κ3) is 3.17. The average Bonchev–Trinajstić information content (AvgIpc) is 2.27. The van der Waals surface area contributed by atoms with Gasteiger partial charge in [0.25, 0.3) is 0 Å². The summed E-state index contributed by atoms with van der Waals surface area (Å²) in [5.74, 6) is 0.629. The largest absolute Gasteiger partial charge is 0.160 e. The first-order valence-electron chi connectivity index (χ1n) is 5.97. The van der Waals surface area contributed by atoms with E-state index in [9.17, 15) is 0 Å². The maximum absolute atomic E-state index is 3.65. The summed E-state index contributed by atoms with van der Waals surface area (Å²) in [6.07, 6.45) is 1.07. The third-order valence-corrected chi connectivity index (χ3v) is 4.24. The van der Waals surface area contributed by atoms with Crippen molar-refractivity contribution in [2.24, 2.45) is 5.92 Å². The van der Waals surface area contributed by atoms with E-state index in [1.807, 2.05) is 0 Å². The molecule has 0 amide bonds. The minimum atomic E-state index is -0.346. The highest BCUT2D eigenvalue weighted by atomic mass is 80.0. The van der Waals surface area contributed by atoms with Gasteiger partial charge in [-0.1, -0.05) is 98.0 Å². The molecule has 3 heteroatoms. The predicted molar refractivity (Wildman–Crippen MR) is 90.9 cm³/mol. The van der Waals surface area contributed by atoms with E-state index in [1.54, 1.807) is 0 Å². The minimum absolute atomic E-state index is 0.346. The zero-order valence-electron chi connectivity index (χ0n) is 10.4. The van der Waals surface area contributed by atoms with Crippen LogP contribution in [0.2, 0.25) is 0 Å². The van der Waals surface area contributed by atoms with Gasteiger partial charge in [0.05, 0.1) is 0 Å². The Morgan fingerprint density at radius 2 is 1.67 bits per heavy atom. The molecule has 0 aliphatic carbocycles. The molecule has 2 aromatic carbocycles. The minimum Gasteiger partial charge on any atom is -0.0625 e. The van der Waals surface area contributed by atoms with Crippen LogP contribution in [0.1, 0.15) is 25.0 Å². The molecule has 0 heterocycles. The SMILES string of the molecule is CC(C)Cc1c(C(Br)(Br)Br)ccc2ccccc12. The molecule has 2 rings (SSSR count). The highest BCUT2D eigenvalue weighted by molar-refractivity contribution is 9.38. The molecule has 0 bridgehead atoms. The Morgan fingerprint density at radius 1 is 1.00 bits per heavy atom. The molecule has 0 saturated carbocycles. The Kier molecular flexibility index (Phi) is 4.56. The molecule has 96 valence electrons. The Bertz CT molecular complexity index is 553. The second-order valence-corrected chi connectivity index (χ2v) is 11.7. The average molecular weight is 435 g/mol. The molecule has 18 heavy (non-hydrogen) atoms. The van der Waals surface area contributed by atoms with Crippen LogP contribution in [0.3, 0.4) is 0 Å². The molecule has 0 aromatic heterocycles. The van der Waals surface area contributed by atoms with Crippen molar-refractivity contribution in [3.05, 3.63) is 47.5 Å². The van der Waals surface area contributed by atoms with Crippen molar-refractivity contribution >= 4 is 58.6 Å². The molecule has 0 aliphatic rings. The molecule has 2 aromatic rings. The van der Waals surface area contributed by atoms with Crippen molar-refractivity contribution in [3.8, 4) is 0 Å². The molecule has 0 aliphatic heterocycles. The lowest BCUT2D eigenvalue weighted by Gasteiger charge is -2.21. The van der Waals surface area contributed by atoms with Gasteiger partial charge in [-0.3, -0.25) is 0 Å². The smallest absolute Gasteiger partial charge is 0.0625 e. The zero-order chi connectivity index (χ0) is 13.3. The van der Waals surface area contributed by atoms with E-state index in [-0.39, 0.29) is 2.14 Å². The molecule has 0 atom stereocenters. The number of benzene rings is 2. The Hall–Kier alpha value is 0.140. The predicted octanol–water partition coefficient (Wildman–Crippen LogP) is 6.33. The maximum Gasteiger partial charge on any atom is 0.160 e. The van der Waals surface area contributed by atoms with Crippen LogP contribution in [0.4, 0.5) is 0 Å². The normalized spacial score (nSPS) is 12.3. The second-order valence-electron chi connectivity index (χ2n) is 4.91. The summed E-state index contributed by atoms with van der Waals surface area (Å²) in [4.78, 5) is 0. The van der Waals surface area contributed by atoms with Gasteiger partial charge in [0.2, 0.25) is 0 Å². The van der Waals surface area contributed by atoms with E-state index in [1.165, 1.54) is 21.9 Å². The van der Waals surface area contributed by atoms with Gasteiger partial charge < -0.3 is 0 Å². The van der Waals surface area contributed by atoms with Crippen LogP contribution in [-0.4, -0.2) is 0 Å². The van der Waals surface area contributed by atoms with Crippen molar-refractivity contribution < 1.29 is 0 Å². The summed E-state index contributed by atoms with van der Waals surface area (Å²) >= 11 is 10.9. The van der Waals surface area contributed by atoms with E-state index in [4.69, 9.17) is 0 Å². The lowest BCUT2D eigenvalue weighted by molar-refractivity contribution is 0.647. The molecule has 0 radical (unpaired) electrons. The molecular weight excluding hydrogens is 420 g/mol. The van der Waals surface area contributed by atoms with E-state index in [0.717, 1.165) is 6.42 Å². The number of fused-ring (bicyclic) bond motifs is 1. The fraction of sp³-hybridized carbons (Fsp3) is 0.333. The monoisotopic (exact) mass is 432 g/mol. The fourth-order valence-electron chi connectivity index (χ4n) is 2.23. The van der Waals surface area contributed by atoms with Gasteiger partial charge in [-0.25, -0.2) is 0 Å². The molecule has 0 fully saturated rings. The lowest BCUT2D eigenvalue weighted by atomic mass is 9.93. The summed E-state index contributed by atoms with van der Waals surface area (Å²) < 4.78 is -0.346. The van der Waals surface area contributed by atoms with Crippen LogP contribution in [0, 0.1) is 5.92 Å². The standard InChI is InChI=1S/C15H15Br3/c1-10(2)9-13-12-6-4-3-5-11(12)7-8-14(13)15(16,17)18/h3-8,10H,9H2,1-2H3. The van der Waals surface area contributed by atoms with Crippen molar-refractivity contribution in [2.45, 2.75) is 22.4 Å². The molecule has 0 N–H and O–H groups in total. The van der Waals surface area contributed by atoms with Gasteiger partial charge in [0.1, 0.15) is 0 Å². The molecule has 0 unspecified atom stereocenters. The molecule has 0 spiro atoms. The first-order chi connectivity index (χ1) is 8.39. The van der Waals surface area contributed by atoms with Gasteiger partial charge in [0, 0.05) is 0 Å². The van der Waals surface area contributed by atoms with Crippen LogP contribution in [-0.2, 0) is 8.56 Å². The lowest BCUT2D eigenvalue weighted by Crippen LogP contribution is -2.07. The number of halogens is 3. The van der Waals surface area contributed by atoms with Crippen molar-refractivity contribution in [3.63, 3.8) is 0 Å². The molecular formula is C15H15Br3. The van der Waals surface area contributed by atoms with E-state index in [0.29, 0.717) is 5.92 Å². The van der Waals surface area contributed by atoms with Gasteiger partial charge in [-0.15, -0.1) is 0 Å². The van der Waals surface area contributed by atoms with Crippen molar-refractivity contribution in [1.29, 1.82) is 0 Å². The van der Waals surface area contributed by atoms with Crippen LogP contribution in [0.25, 0.3) is 10.8 Å². The van der Waals surface area contributed by atoms with Gasteiger partial charge >= 0.3 is 0 Å². The third-order valence-electron chi connectivity index (χ3n) is 2.96. The summed E-state index contributed by atoms with van der Waals surface area (Å²) in [5, 5.41) is 2.64. The zero-order valence-corrected chi connectivity index (χ0v) is 15.1. The van der Waals surface area contributed by atoms with Crippen LogP contribution >= 0.6 is 47.8 Å². The first kappa shape index (κ1) is 14.5. The van der Waals surface area contributed by atoms with Crippen LogP contribution < -0.4 is 0 Å². The van der Waals surface area contributed by atoms with Crippen molar-refractivity contribution in [1.82, 2.24) is 0 Å². The van der Waals surface area contributed by atoms with E-state index < -0.39 is 0 Å². The summed E-state index contributed by atoms with van der Waals surface area (Å²) in [6, 6.07) is 12.9. The van der Waals surface area contributed by atoms with Crippen LogP contribution in [0.5, 0.6) is 0 Å². The highest BCUT2D eigenvalue weighted by Crippen LogP contribution is 2.47. The Balaban J connectivity index is 2.71. The summed E-state index contributed by atoms with van der Waals surface area (Å²) in [6.45, 7) is 4.51. The number of alkyl halides is 3. The van der Waals surface area contributed by atoms with E-state index >= 15 is 0 Å². The summed E-state index contributed by atoms with van der Waals surface area (Å²) in [5.41, 5.74) is 2.64. The molecule has 0 saturated heterocycles. The number of hydrogen-bond acceptors (Lipinski definition) is 0. The first-order valence-corrected chi connectivity index (χ1v) is 8.35. The fourth-order valence-corrected chi connectivity index (χ4v) is 3.34. The van der Waals surface area contributed by atoms with E-state index in [2.05, 4.69) is 98.0 Å². The second kappa shape index (κ2) is 5.64. The Morgan fingerprint density at radius 3 is 2.28 bits per heavy atom. The van der Waals surface area contributed by atoms with Gasteiger partial charge in [0.15, 0.2) is 2.14 Å². The van der Waals surface area contributed by atoms with Crippen molar-refractivity contribution in [2.75, 3.05) is 0 Å². The maximum atomic E-state index is 3.65. The highest BCUT2D eigenvalue weighted by Gasteiger charge is 2.25. The quantitative estimate of drug-likeness (QED) is 0.484. The van der Waals surface area contributed by atoms with Gasteiger partial charge in [-0.2, -0.15) is 0 Å². The van der Waals surface area contributed by atoms with Gasteiger partial charge in [-0.05, 0) is 34.2 Å².